The highest BCUT2D eigenvalue weighted by Gasteiger charge is 2.36. The van der Waals surface area contributed by atoms with Crippen molar-refractivity contribution in [3.05, 3.63) is 11.9 Å². The largest absolute Gasteiger partial charge is 0.359 e. The number of hydrogen-bond donors (Lipinski definition) is 0. The minimum Gasteiger partial charge on any atom is -0.359 e. The first-order valence-electron chi connectivity index (χ1n) is 5.12. The van der Waals surface area contributed by atoms with Crippen LogP contribution >= 0.6 is 0 Å². The van der Waals surface area contributed by atoms with Crippen LogP contribution in [0.5, 0.6) is 0 Å². The van der Waals surface area contributed by atoms with E-state index in [0.717, 1.165) is 19.4 Å². The Labute approximate surface area is 85.7 Å². The fourth-order valence-electron chi connectivity index (χ4n) is 1.71. The number of ether oxygens (including phenoxy) is 1. The molecule has 0 bridgehead atoms. The molecule has 3 heteroatoms. The smallest absolute Gasteiger partial charge is 0.116 e. The fraction of sp³-hybridized carbons (Fsp3) is 0.818. The van der Waals surface area contributed by atoms with E-state index in [1.807, 2.05) is 0 Å². The number of allylic oxidation sites excluding steroid dienone is 2. The average molecular weight is 201 g/mol. The molecule has 0 amide bonds. The first-order chi connectivity index (χ1) is 6.43. The third kappa shape index (κ3) is 2.79. The van der Waals surface area contributed by atoms with Gasteiger partial charge >= 0.3 is 0 Å². The summed E-state index contributed by atoms with van der Waals surface area (Å²) in [7, 11) is 2.06. The van der Waals surface area contributed by atoms with Crippen LogP contribution < -0.4 is 0 Å². The topological polar surface area (TPSA) is 12.5 Å². The summed E-state index contributed by atoms with van der Waals surface area (Å²) in [5.74, 6) is -0.0918. The predicted molar refractivity (Wildman–Crippen MR) is 55.7 cm³/mol. The van der Waals surface area contributed by atoms with Crippen LogP contribution in [0.25, 0.3) is 0 Å². The first kappa shape index (κ1) is 11.7. The second kappa shape index (κ2) is 4.41. The molecule has 0 N–H and O–H groups in total. The number of hydrogen-bond acceptors (Lipinski definition) is 2. The molecule has 2 nitrogen and oxygen atoms in total. The number of nitrogens with zero attached hydrogens (tertiary/aromatic N) is 1. The maximum atomic E-state index is 12.4. The SMILES string of the molecule is C/C(F)=C/CCC1COC(C)(C)N1C. The fourth-order valence-corrected chi connectivity index (χ4v) is 1.71. The van der Waals surface area contributed by atoms with Gasteiger partial charge in [-0.2, -0.15) is 0 Å². The highest BCUT2D eigenvalue weighted by atomic mass is 19.1. The average Bonchev–Trinajstić information content (AvgIpc) is 2.31. The molecule has 1 atom stereocenters. The quantitative estimate of drug-likeness (QED) is 0.696. The van der Waals surface area contributed by atoms with Crippen LogP contribution in [0.15, 0.2) is 11.9 Å². The van der Waals surface area contributed by atoms with E-state index >= 15 is 0 Å². The van der Waals surface area contributed by atoms with Gasteiger partial charge in [0, 0.05) is 6.04 Å². The monoisotopic (exact) mass is 201 g/mol. The van der Waals surface area contributed by atoms with Gasteiger partial charge in [-0.15, -0.1) is 0 Å². The summed E-state index contributed by atoms with van der Waals surface area (Å²) < 4.78 is 18.1. The Morgan fingerprint density at radius 3 is 2.71 bits per heavy atom. The molecule has 0 radical (unpaired) electrons. The molecule has 0 aliphatic carbocycles. The zero-order valence-electron chi connectivity index (χ0n) is 9.51. The Morgan fingerprint density at radius 2 is 2.29 bits per heavy atom. The zero-order chi connectivity index (χ0) is 10.8. The van der Waals surface area contributed by atoms with Crippen LogP contribution in [-0.4, -0.2) is 30.3 Å². The Kier molecular flexibility index (Phi) is 3.67. The van der Waals surface area contributed by atoms with Gasteiger partial charge in [-0.25, -0.2) is 4.39 Å². The van der Waals surface area contributed by atoms with Crippen molar-refractivity contribution in [2.75, 3.05) is 13.7 Å². The molecule has 1 heterocycles. The molecule has 0 aromatic carbocycles. The molecule has 1 saturated heterocycles. The molecule has 0 spiro atoms. The normalized spacial score (nSPS) is 28.4. The molecule has 1 aliphatic rings. The van der Waals surface area contributed by atoms with Gasteiger partial charge in [-0.05, 0) is 40.7 Å². The van der Waals surface area contributed by atoms with Crippen molar-refractivity contribution in [3.63, 3.8) is 0 Å². The van der Waals surface area contributed by atoms with E-state index in [4.69, 9.17) is 4.74 Å². The van der Waals surface area contributed by atoms with Gasteiger partial charge in [-0.1, -0.05) is 6.08 Å². The van der Waals surface area contributed by atoms with E-state index in [-0.39, 0.29) is 11.6 Å². The molecule has 82 valence electrons. The summed E-state index contributed by atoms with van der Waals surface area (Å²) in [6, 6.07) is 0.417. The molecular weight excluding hydrogens is 181 g/mol. The summed E-state index contributed by atoms with van der Waals surface area (Å²) in [5, 5.41) is 0. The van der Waals surface area contributed by atoms with Crippen LogP contribution in [-0.2, 0) is 4.74 Å². The van der Waals surface area contributed by atoms with Gasteiger partial charge in [0.1, 0.15) is 5.72 Å². The highest BCUT2D eigenvalue weighted by molar-refractivity contribution is 4.90. The van der Waals surface area contributed by atoms with Crippen molar-refractivity contribution in [1.82, 2.24) is 4.90 Å². The summed E-state index contributed by atoms with van der Waals surface area (Å²) in [5.41, 5.74) is -0.168. The number of halogens is 1. The molecule has 1 rings (SSSR count). The van der Waals surface area contributed by atoms with Gasteiger partial charge in [0.15, 0.2) is 0 Å². The molecule has 1 fully saturated rings. The Bertz CT molecular complexity index is 221. The Morgan fingerprint density at radius 1 is 1.64 bits per heavy atom. The predicted octanol–water partition coefficient (Wildman–Crippen LogP) is 2.71. The van der Waals surface area contributed by atoms with Crippen molar-refractivity contribution in [2.24, 2.45) is 0 Å². The molecule has 1 unspecified atom stereocenters. The Hall–Kier alpha value is -0.410. The third-order valence-electron chi connectivity index (χ3n) is 2.95. The lowest BCUT2D eigenvalue weighted by Gasteiger charge is -2.29. The number of rotatable bonds is 3. The lowest BCUT2D eigenvalue weighted by atomic mass is 10.1. The summed E-state index contributed by atoms with van der Waals surface area (Å²) in [6.45, 7) is 6.36. The molecule has 0 saturated carbocycles. The molecule has 1 aliphatic heterocycles. The van der Waals surface area contributed by atoms with E-state index in [9.17, 15) is 4.39 Å². The van der Waals surface area contributed by atoms with Crippen molar-refractivity contribution < 1.29 is 9.13 Å². The third-order valence-corrected chi connectivity index (χ3v) is 2.95. The van der Waals surface area contributed by atoms with Crippen LogP contribution in [0.2, 0.25) is 0 Å². The second-order valence-corrected chi connectivity index (χ2v) is 4.39. The van der Waals surface area contributed by atoms with Gasteiger partial charge in [-0.3, -0.25) is 4.90 Å². The van der Waals surface area contributed by atoms with Crippen LogP contribution in [0.4, 0.5) is 4.39 Å². The standard InChI is InChI=1S/C11H20FNO/c1-9(12)6-5-7-10-8-14-11(2,3)13(10)4/h6,10H,5,7-8H2,1-4H3/b9-6-. The lowest BCUT2D eigenvalue weighted by Crippen LogP contribution is -2.40. The first-order valence-corrected chi connectivity index (χ1v) is 5.12. The maximum absolute atomic E-state index is 12.4. The van der Waals surface area contributed by atoms with E-state index < -0.39 is 0 Å². The van der Waals surface area contributed by atoms with Crippen LogP contribution in [0.3, 0.4) is 0 Å². The summed E-state index contributed by atoms with van der Waals surface area (Å²) in [6.07, 6.45) is 3.39. The molecule has 0 aromatic heterocycles. The summed E-state index contributed by atoms with van der Waals surface area (Å²) in [4.78, 5) is 2.22. The second-order valence-electron chi connectivity index (χ2n) is 4.39. The van der Waals surface area contributed by atoms with Crippen molar-refractivity contribution in [3.8, 4) is 0 Å². The van der Waals surface area contributed by atoms with Crippen molar-refractivity contribution in [2.45, 2.75) is 45.4 Å². The van der Waals surface area contributed by atoms with Crippen molar-refractivity contribution >= 4 is 0 Å². The van der Waals surface area contributed by atoms with Gasteiger partial charge in [0.05, 0.1) is 12.4 Å². The molecule has 0 aromatic rings. The van der Waals surface area contributed by atoms with E-state index in [1.54, 1.807) is 6.08 Å². The number of likely N-dealkylation sites (N-methyl/N-ethyl adjacent to an activating group) is 1. The van der Waals surface area contributed by atoms with Crippen LogP contribution in [0.1, 0.15) is 33.6 Å². The summed E-state index contributed by atoms with van der Waals surface area (Å²) >= 11 is 0. The maximum Gasteiger partial charge on any atom is 0.116 e. The molecular formula is C11H20FNO. The van der Waals surface area contributed by atoms with E-state index in [1.165, 1.54) is 6.92 Å². The van der Waals surface area contributed by atoms with Gasteiger partial charge < -0.3 is 4.74 Å². The zero-order valence-corrected chi connectivity index (χ0v) is 9.51. The van der Waals surface area contributed by atoms with Crippen molar-refractivity contribution in [1.29, 1.82) is 0 Å². The molecule has 14 heavy (non-hydrogen) atoms. The minimum atomic E-state index is -0.168. The minimum absolute atomic E-state index is 0.0918. The van der Waals surface area contributed by atoms with Gasteiger partial charge in [0.2, 0.25) is 0 Å². The van der Waals surface area contributed by atoms with E-state index in [0.29, 0.717) is 6.04 Å². The lowest BCUT2D eigenvalue weighted by molar-refractivity contribution is -0.0414. The Balaban J connectivity index is 2.38. The van der Waals surface area contributed by atoms with Gasteiger partial charge in [0.25, 0.3) is 0 Å². The van der Waals surface area contributed by atoms with Crippen LogP contribution in [0, 0.1) is 0 Å². The highest BCUT2D eigenvalue weighted by Crippen LogP contribution is 2.27. The van der Waals surface area contributed by atoms with E-state index in [2.05, 4.69) is 25.8 Å².